The molecule has 3 aromatic rings. The van der Waals surface area contributed by atoms with Crippen LogP contribution in [0.5, 0.6) is 0 Å². The van der Waals surface area contributed by atoms with Crippen LogP contribution in [0.2, 0.25) is 10.0 Å². The molecule has 0 saturated carbocycles. The zero-order valence-corrected chi connectivity index (χ0v) is 15.7. The Morgan fingerprint density at radius 3 is 2.74 bits per heavy atom. The number of halogens is 2. The van der Waals surface area contributed by atoms with E-state index in [2.05, 4.69) is 15.6 Å². The van der Waals surface area contributed by atoms with E-state index in [1.54, 1.807) is 10.7 Å². The molecule has 1 aliphatic heterocycles. The Morgan fingerprint density at radius 2 is 1.96 bits per heavy atom. The summed E-state index contributed by atoms with van der Waals surface area (Å²) in [6.07, 6.45) is -0.157. The highest BCUT2D eigenvalue weighted by Gasteiger charge is 2.27. The highest BCUT2D eigenvalue weighted by molar-refractivity contribution is 6.31. The Bertz CT molecular complexity index is 972. The Balaban J connectivity index is 1.45. The topological polar surface area (TPSA) is 69.0 Å². The molecule has 6 nitrogen and oxygen atoms in total. The third-order valence-corrected chi connectivity index (χ3v) is 5.07. The number of nitrogens with one attached hydrogen (secondary N) is 1. The maximum absolute atomic E-state index is 12.5. The van der Waals surface area contributed by atoms with Crippen LogP contribution in [-0.4, -0.2) is 20.9 Å². The van der Waals surface area contributed by atoms with E-state index in [1.807, 2.05) is 42.5 Å². The quantitative estimate of drug-likeness (QED) is 0.720. The van der Waals surface area contributed by atoms with Crippen LogP contribution in [0.3, 0.4) is 0 Å². The number of carbonyl (C=O) groups is 1. The van der Waals surface area contributed by atoms with Gasteiger partial charge in [-0.1, -0.05) is 58.7 Å². The fourth-order valence-electron chi connectivity index (χ4n) is 2.97. The summed E-state index contributed by atoms with van der Waals surface area (Å²) in [5, 5.41) is 12.3. The van der Waals surface area contributed by atoms with Crippen LogP contribution in [0.25, 0.3) is 0 Å². The van der Waals surface area contributed by atoms with Crippen molar-refractivity contribution >= 4 is 29.1 Å². The van der Waals surface area contributed by atoms with Crippen LogP contribution < -0.4 is 5.32 Å². The van der Waals surface area contributed by atoms with Crippen molar-refractivity contribution in [3.05, 3.63) is 81.1 Å². The molecule has 138 valence electrons. The minimum atomic E-state index is -0.301. The van der Waals surface area contributed by atoms with E-state index in [1.165, 1.54) is 0 Å². The van der Waals surface area contributed by atoms with Gasteiger partial charge in [0.15, 0.2) is 5.69 Å². The smallest absolute Gasteiger partial charge is 0.274 e. The lowest BCUT2D eigenvalue weighted by molar-refractivity contribution is -0.00176. The Labute approximate surface area is 166 Å². The van der Waals surface area contributed by atoms with Crippen molar-refractivity contribution in [3.63, 3.8) is 0 Å². The molecule has 8 heteroatoms. The molecule has 27 heavy (non-hydrogen) atoms. The molecule has 0 radical (unpaired) electrons. The molecule has 1 aliphatic rings. The largest absolute Gasteiger partial charge is 0.365 e. The van der Waals surface area contributed by atoms with Gasteiger partial charge in [0.25, 0.3) is 5.91 Å². The van der Waals surface area contributed by atoms with E-state index in [-0.39, 0.29) is 24.3 Å². The van der Waals surface area contributed by atoms with Gasteiger partial charge < -0.3 is 10.1 Å². The summed E-state index contributed by atoms with van der Waals surface area (Å²) in [6.45, 7) is 1.07. The molecule has 0 fully saturated rings. The lowest BCUT2D eigenvalue weighted by atomic mass is 10.1. The first-order valence-electron chi connectivity index (χ1n) is 8.43. The number of fused-ring (bicyclic) bond motifs is 1. The maximum atomic E-state index is 12.5. The first-order valence-corrected chi connectivity index (χ1v) is 9.18. The predicted octanol–water partition coefficient (Wildman–Crippen LogP) is 3.79. The molecule has 1 N–H and O–H groups in total. The highest BCUT2D eigenvalue weighted by Crippen LogP contribution is 2.27. The summed E-state index contributed by atoms with van der Waals surface area (Å²) in [4.78, 5) is 12.5. The monoisotopic (exact) mass is 402 g/mol. The van der Waals surface area contributed by atoms with Crippen molar-refractivity contribution < 1.29 is 9.53 Å². The van der Waals surface area contributed by atoms with E-state index in [0.717, 1.165) is 11.1 Å². The van der Waals surface area contributed by atoms with Crippen molar-refractivity contribution in [1.82, 2.24) is 20.3 Å². The van der Waals surface area contributed by atoms with Crippen LogP contribution in [0.1, 0.15) is 33.4 Å². The van der Waals surface area contributed by atoms with Crippen LogP contribution in [0, 0.1) is 0 Å². The van der Waals surface area contributed by atoms with Gasteiger partial charge in [0.2, 0.25) is 0 Å². The SMILES string of the molecule is O=C(NCc1ccccc1Cl)c1nnn2c1CO[C@@H](c1ccc(Cl)cc1)C2. The Morgan fingerprint density at radius 1 is 1.19 bits per heavy atom. The molecule has 2 heterocycles. The Hall–Kier alpha value is -2.41. The molecular weight excluding hydrogens is 387 g/mol. The van der Waals surface area contributed by atoms with Gasteiger partial charge in [-0.25, -0.2) is 4.68 Å². The van der Waals surface area contributed by atoms with Crippen LogP contribution in [-0.2, 0) is 24.4 Å². The molecule has 0 unspecified atom stereocenters. The summed E-state index contributed by atoms with van der Waals surface area (Å²) in [6, 6.07) is 14.9. The first-order chi connectivity index (χ1) is 13.1. The normalized spacial score (nSPS) is 16.0. The summed E-state index contributed by atoms with van der Waals surface area (Å²) < 4.78 is 7.63. The van der Waals surface area contributed by atoms with Crippen LogP contribution in [0.15, 0.2) is 48.5 Å². The number of aromatic nitrogens is 3. The molecule has 1 aromatic heterocycles. The van der Waals surface area contributed by atoms with Gasteiger partial charge in [0.1, 0.15) is 6.10 Å². The van der Waals surface area contributed by atoms with Gasteiger partial charge in [-0.3, -0.25) is 4.79 Å². The number of benzene rings is 2. The average Bonchev–Trinajstić information content (AvgIpc) is 3.11. The van der Waals surface area contributed by atoms with E-state index in [0.29, 0.717) is 28.8 Å². The van der Waals surface area contributed by atoms with Crippen molar-refractivity contribution in [2.24, 2.45) is 0 Å². The average molecular weight is 403 g/mol. The molecular formula is C19H16Cl2N4O2. The summed E-state index contributed by atoms with van der Waals surface area (Å²) in [5.41, 5.74) is 2.78. The second-order valence-corrected chi connectivity index (χ2v) is 7.04. The van der Waals surface area contributed by atoms with Gasteiger partial charge in [-0.15, -0.1) is 5.10 Å². The molecule has 1 amide bonds. The van der Waals surface area contributed by atoms with Crippen molar-refractivity contribution in [2.45, 2.75) is 25.8 Å². The van der Waals surface area contributed by atoms with Crippen molar-refractivity contribution in [3.8, 4) is 0 Å². The molecule has 0 bridgehead atoms. The van der Waals surface area contributed by atoms with E-state index >= 15 is 0 Å². The maximum Gasteiger partial charge on any atom is 0.274 e. The fraction of sp³-hybridized carbons (Fsp3) is 0.211. The zero-order chi connectivity index (χ0) is 18.8. The van der Waals surface area contributed by atoms with Crippen molar-refractivity contribution in [2.75, 3.05) is 0 Å². The fourth-order valence-corrected chi connectivity index (χ4v) is 3.30. The minimum Gasteiger partial charge on any atom is -0.365 e. The lowest BCUT2D eigenvalue weighted by Gasteiger charge is -2.24. The number of hydrogen-bond donors (Lipinski definition) is 1. The molecule has 0 saturated heterocycles. The van der Waals surface area contributed by atoms with Crippen molar-refractivity contribution in [1.29, 1.82) is 0 Å². The number of hydrogen-bond acceptors (Lipinski definition) is 4. The number of rotatable bonds is 4. The second kappa shape index (κ2) is 7.68. The molecule has 1 atom stereocenters. The Kier molecular flexibility index (Phi) is 5.11. The van der Waals surface area contributed by atoms with E-state index < -0.39 is 0 Å². The summed E-state index contributed by atoms with van der Waals surface area (Å²) in [5.74, 6) is -0.301. The summed E-state index contributed by atoms with van der Waals surface area (Å²) in [7, 11) is 0. The van der Waals surface area contributed by atoms with E-state index in [9.17, 15) is 4.79 Å². The first kappa shape index (κ1) is 18.0. The zero-order valence-electron chi connectivity index (χ0n) is 14.2. The van der Waals surface area contributed by atoms with Gasteiger partial charge in [0, 0.05) is 16.6 Å². The number of amides is 1. The number of carbonyl (C=O) groups excluding carboxylic acids is 1. The number of ether oxygens (including phenoxy) is 1. The van der Waals surface area contributed by atoms with Gasteiger partial charge in [0.05, 0.1) is 18.8 Å². The van der Waals surface area contributed by atoms with Gasteiger partial charge >= 0.3 is 0 Å². The van der Waals surface area contributed by atoms with Gasteiger partial charge in [-0.05, 0) is 29.3 Å². The van der Waals surface area contributed by atoms with E-state index in [4.69, 9.17) is 27.9 Å². The highest BCUT2D eigenvalue weighted by atomic mass is 35.5. The summed E-state index contributed by atoms with van der Waals surface area (Å²) >= 11 is 12.1. The second-order valence-electron chi connectivity index (χ2n) is 6.19. The minimum absolute atomic E-state index is 0.157. The predicted molar refractivity (Wildman–Crippen MR) is 102 cm³/mol. The van der Waals surface area contributed by atoms with Crippen LogP contribution in [0.4, 0.5) is 0 Å². The molecule has 4 rings (SSSR count). The molecule has 0 spiro atoms. The number of nitrogens with zero attached hydrogens (tertiary/aromatic N) is 3. The third-order valence-electron chi connectivity index (χ3n) is 4.45. The molecule has 0 aliphatic carbocycles. The van der Waals surface area contributed by atoms with Crippen LogP contribution >= 0.6 is 23.2 Å². The standard InChI is InChI=1S/C19H16Cl2N4O2/c20-14-7-5-12(6-8-14)17-10-25-16(11-27-17)18(23-24-25)19(26)22-9-13-3-1-2-4-15(13)21/h1-8,17H,9-11H2,(H,22,26)/t17-/m1/s1. The molecule has 2 aromatic carbocycles. The third kappa shape index (κ3) is 3.83. The lowest BCUT2D eigenvalue weighted by Crippen LogP contribution is -2.27. The van der Waals surface area contributed by atoms with Gasteiger partial charge in [-0.2, -0.15) is 0 Å².